The molecule has 0 radical (unpaired) electrons. The van der Waals surface area contributed by atoms with Crippen LogP contribution in [-0.2, 0) is 14.3 Å². The molecule has 0 saturated carbocycles. The largest absolute Gasteiger partial charge is 0.394 e. The number of hydrogen-bond donors (Lipinski definition) is 5. The second-order valence-electron chi connectivity index (χ2n) is 5.32. The van der Waals surface area contributed by atoms with Crippen LogP contribution in [0.3, 0.4) is 0 Å². The standard InChI is InChI=1S/C8H11NO2.C6H13NO5/c1-2-3-6-9-7(10)4-5-8(9)11;7-3-5(10)4(9)2(1-8)12-6(3)11/h4-5H,2-3,6H2,1H3;2-6,8-11H,1,7H2/t;2-,3-,4-,5-,6?/m.1/s1. The fourth-order valence-corrected chi connectivity index (χ4v) is 2.09. The molecule has 0 aromatic heterocycles. The number of rotatable bonds is 4. The number of imide groups is 1. The van der Waals surface area contributed by atoms with Crippen molar-refractivity contribution >= 4 is 11.8 Å². The number of ether oxygens (including phenoxy) is 1. The molecule has 0 aromatic carbocycles. The maximum absolute atomic E-state index is 10.9. The van der Waals surface area contributed by atoms with E-state index in [-0.39, 0.29) is 11.8 Å². The van der Waals surface area contributed by atoms with Crippen molar-refractivity contribution in [2.45, 2.75) is 50.4 Å². The molecule has 0 spiro atoms. The van der Waals surface area contributed by atoms with E-state index in [2.05, 4.69) is 0 Å². The average Bonchev–Trinajstić information content (AvgIpc) is 2.86. The van der Waals surface area contributed by atoms with Crippen molar-refractivity contribution in [1.29, 1.82) is 0 Å². The van der Waals surface area contributed by atoms with E-state index >= 15 is 0 Å². The Hall–Kier alpha value is -1.36. The molecule has 2 heterocycles. The number of carbonyl (C=O) groups excluding carboxylic acids is 2. The SMILES string of the molecule is CCCCN1C(=O)C=CC1=O.N[C@H]1C(O)O[C@H](CO)[C@@H](O)[C@@H]1O. The normalized spacial score (nSPS) is 33.7. The number of nitrogens with two attached hydrogens (primary N) is 1. The molecule has 2 amide bonds. The molecule has 9 heteroatoms. The highest BCUT2D eigenvalue weighted by atomic mass is 16.6. The molecule has 2 aliphatic rings. The smallest absolute Gasteiger partial charge is 0.253 e. The Morgan fingerprint density at radius 1 is 1.17 bits per heavy atom. The summed E-state index contributed by atoms with van der Waals surface area (Å²) in [6.07, 6.45) is -0.332. The van der Waals surface area contributed by atoms with E-state index in [1.165, 1.54) is 17.1 Å². The van der Waals surface area contributed by atoms with Gasteiger partial charge in [-0.05, 0) is 6.42 Å². The number of nitrogens with zero attached hydrogens (tertiary/aromatic N) is 1. The summed E-state index contributed by atoms with van der Waals surface area (Å²) in [7, 11) is 0. The molecule has 5 atom stereocenters. The molecular weight excluding hydrogens is 308 g/mol. The second kappa shape index (κ2) is 9.06. The lowest BCUT2D eigenvalue weighted by molar-refractivity contribution is -0.248. The van der Waals surface area contributed by atoms with Gasteiger partial charge >= 0.3 is 0 Å². The Kier molecular flexibility index (Phi) is 7.76. The molecule has 23 heavy (non-hydrogen) atoms. The topological polar surface area (TPSA) is 154 Å². The van der Waals surface area contributed by atoms with Crippen molar-refractivity contribution in [1.82, 2.24) is 4.90 Å². The molecule has 132 valence electrons. The zero-order valence-electron chi connectivity index (χ0n) is 12.9. The molecule has 1 saturated heterocycles. The van der Waals surface area contributed by atoms with Gasteiger partial charge in [-0.25, -0.2) is 0 Å². The van der Waals surface area contributed by atoms with Gasteiger partial charge in [0.2, 0.25) is 0 Å². The number of amides is 2. The van der Waals surface area contributed by atoms with Crippen molar-refractivity contribution < 1.29 is 34.8 Å². The third kappa shape index (κ3) is 5.06. The van der Waals surface area contributed by atoms with Crippen molar-refractivity contribution in [2.75, 3.05) is 13.2 Å². The molecule has 6 N–H and O–H groups in total. The van der Waals surface area contributed by atoms with E-state index < -0.39 is 37.3 Å². The van der Waals surface area contributed by atoms with Crippen LogP contribution in [0, 0.1) is 0 Å². The number of aliphatic hydroxyl groups excluding tert-OH is 4. The van der Waals surface area contributed by atoms with Gasteiger partial charge in [-0.1, -0.05) is 13.3 Å². The lowest BCUT2D eigenvalue weighted by Gasteiger charge is -2.38. The average molecular weight is 332 g/mol. The van der Waals surface area contributed by atoms with Gasteiger partial charge in [-0.3, -0.25) is 14.5 Å². The van der Waals surface area contributed by atoms with E-state index in [9.17, 15) is 19.8 Å². The zero-order valence-corrected chi connectivity index (χ0v) is 12.9. The Balaban J connectivity index is 0.000000231. The van der Waals surface area contributed by atoms with Gasteiger partial charge in [0.05, 0.1) is 12.6 Å². The van der Waals surface area contributed by atoms with Crippen LogP contribution in [0.1, 0.15) is 19.8 Å². The summed E-state index contributed by atoms with van der Waals surface area (Å²) in [5, 5.41) is 36.1. The molecule has 2 aliphatic heterocycles. The van der Waals surface area contributed by atoms with E-state index in [1.54, 1.807) is 0 Å². The van der Waals surface area contributed by atoms with Gasteiger partial charge in [0.25, 0.3) is 11.8 Å². The number of hydrogen-bond acceptors (Lipinski definition) is 8. The highest BCUT2D eigenvalue weighted by molar-refractivity contribution is 6.12. The summed E-state index contributed by atoms with van der Waals surface area (Å²) in [5.41, 5.74) is 5.26. The van der Waals surface area contributed by atoms with Gasteiger partial charge in [0, 0.05) is 18.7 Å². The van der Waals surface area contributed by atoms with Crippen molar-refractivity contribution in [3.8, 4) is 0 Å². The fourth-order valence-electron chi connectivity index (χ4n) is 2.09. The van der Waals surface area contributed by atoms with Crippen molar-refractivity contribution in [3.05, 3.63) is 12.2 Å². The zero-order chi connectivity index (χ0) is 17.6. The summed E-state index contributed by atoms with van der Waals surface area (Å²) >= 11 is 0. The van der Waals surface area contributed by atoms with Crippen LogP contribution in [0.15, 0.2) is 12.2 Å². The van der Waals surface area contributed by atoms with E-state index in [0.29, 0.717) is 6.54 Å². The summed E-state index contributed by atoms with van der Waals surface area (Å²) < 4.78 is 4.70. The molecule has 2 rings (SSSR count). The van der Waals surface area contributed by atoms with Crippen LogP contribution >= 0.6 is 0 Å². The first kappa shape index (κ1) is 19.7. The Morgan fingerprint density at radius 2 is 1.74 bits per heavy atom. The van der Waals surface area contributed by atoms with Crippen LogP contribution in [0.4, 0.5) is 0 Å². The van der Waals surface area contributed by atoms with Gasteiger partial charge in [-0.2, -0.15) is 0 Å². The first-order valence-corrected chi connectivity index (χ1v) is 7.43. The predicted octanol–water partition coefficient (Wildman–Crippen LogP) is -2.54. The van der Waals surface area contributed by atoms with Crippen LogP contribution < -0.4 is 5.73 Å². The summed E-state index contributed by atoms with van der Waals surface area (Å²) in [4.78, 5) is 23.1. The molecule has 0 aliphatic carbocycles. The minimum Gasteiger partial charge on any atom is -0.394 e. The number of carbonyl (C=O) groups is 2. The van der Waals surface area contributed by atoms with E-state index in [4.69, 9.17) is 20.7 Å². The highest BCUT2D eigenvalue weighted by Gasteiger charge is 2.41. The van der Waals surface area contributed by atoms with E-state index in [0.717, 1.165) is 12.8 Å². The second-order valence-corrected chi connectivity index (χ2v) is 5.32. The summed E-state index contributed by atoms with van der Waals surface area (Å²) in [6.45, 7) is 2.11. The molecule has 1 unspecified atom stereocenters. The van der Waals surface area contributed by atoms with Crippen LogP contribution in [0.25, 0.3) is 0 Å². The van der Waals surface area contributed by atoms with Crippen molar-refractivity contribution in [3.63, 3.8) is 0 Å². The molecule has 1 fully saturated rings. The lowest BCUT2D eigenvalue weighted by atomic mass is 9.98. The first-order valence-electron chi connectivity index (χ1n) is 7.43. The third-order valence-corrected chi connectivity index (χ3v) is 3.58. The Bertz CT molecular complexity index is 420. The Morgan fingerprint density at radius 3 is 2.22 bits per heavy atom. The third-order valence-electron chi connectivity index (χ3n) is 3.58. The quantitative estimate of drug-likeness (QED) is 0.353. The Labute approximate surface area is 134 Å². The van der Waals surface area contributed by atoms with Gasteiger partial charge in [-0.15, -0.1) is 0 Å². The highest BCUT2D eigenvalue weighted by Crippen LogP contribution is 2.17. The molecule has 0 aromatic rings. The first-order chi connectivity index (χ1) is 10.8. The number of aliphatic hydroxyl groups is 4. The van der Waals surface area contributed by atoms with Gasteiger partial charge in [0.15, 0.2) is 6.29 Å². The van der Waals surface area contributed by atoms with Crippen LogP contribution in [-0.4, -0.2) is 80.9 Å². The number of unbranched alkanes of at least 4 members (excludes halogenated alkanes) is 1. The molecule has 9 nitrogen and oxygen atoms in total. The van der Waals surface area contributed by atoms with Crippen LogP contribution in [0.2, 0.25) is 0 Å². The van der Waals surface area contributed by atoms with Gasteiger partial charge < -0.3 is 30.9 Å². The van der Waals surface area contributed by atoms with E-state index in [1.807, 2.05) is 6.92 Å². The summed E-state index contributed by atoms with van der Waals surface area (Å²) in [6, 6.07) is -1.04. The predicted molar refractivity (Wildman–Crippen MR) is 78.7 cm³/mol. The minimum absolute atomic E-state index is 0.177. The maximum Gasteiger partial charge on any atom is 0.253 e. The maximum atomic E-state index is 10.9. The summed E-state index contributed by atoms with van der Waals surface area (Å²) in [5.74, 6) is -0.355. The molecule has 0 bridgehead atoms. The molecular formula is C14H24N2O7. The van der Waals surface area contributed by atoms with Crippen LogP contribution in [0.5, 0.6) is 0 Å². The monoisotopic (exact) mass is 332 g/mol. The minimum atomic E-state index is -1.35. The van der Waals surface area contributed by atoms with Crippen molar-refractivity contribution in [2.24, 2.45) is 5.73 Å². The lowest BCUT2D eigenvalue weighted by Crippen LogP contribution is -2.61. The fraction of sp³-hybridized carbons (Fsp3) is 0.714. The van der Waals surface area contributed by atoms with Gasteiger partial charge in [0.1, 0.15) is 18.3 Å².